The summed E-state index contributed by atoms with van der Waals surface area (Å²) in [5.41, 5.74) is -0.183. The van der Waals surface area contributed by atoms with Crippen molar-refractivity contribution in [2.45, 2.75) is 51.9 Å². The highest BCUT2D eigenvalue weighted by Crippen LogP contribution is 2.46. The summed E-state index contributed by atoms with van der Waals surface area (Å²) >= 11 is 1.50. The topological polar surface area (TPSA) is 93.0 Å². The lowest BCUT2D eigenvalue weighted by molar-refractivity contribution is -0.159. The van der Waals surface area contributed by atoms with E-state index in [-0.39, 0.29) is 37.3 Å². The Balaban J connectivity index is 1.49. The van der Waals surface area contributed by atoms with Crippen LogP contribution in [0.5, 0.6) is 0 Å². The molecule has 2 amide bonds. The molecule has 0 spiro atoms. The van der Waals surface area contributed by atoms with E-state index < -0.39 is 11.6 Å². The van der Waals surface area contributed by atoms with Gasteiger partial charge in [0.05, 0.1) is 16.1 Å². The summed E-state index contributed by atoms with van der Waals surface area (Å²) in [4.78, 5) is 48.4. The molecule has 0 bridgehead atoms. The van der Waals surface area contributed by atoms with Crippen LogP contribution < -0.4 is 4.90 Å². The standard InChI is InChI=1S/C24H23N3O5S/c1-14(2)26-22(29)16-7-4-5-8-18(16)27-20(28)10-11-24(26,27)23(30)31-13-17-15(3)32-21(25-17)19-9-6-12-33-19/h4-9,12,14H,10-11,13H2,1-3H3/t24-/m1/s1. The van der Waals surface area contributed by atoms with Gasteiger partial charge in [0.2, 0.25) is 17.5 Å². The number of amides is 2. The molecule has 0 N–H and O–H groups in total. The number of aryl methyl sites for hydroxylation is 1. The van der Waals surface area contributed by atoms with Crippen molar-refractivity contribution in [2.75, 3.05) is 4.90 Å². The maximum Gasteiger partial charge on any atom is 0.354 e. The number of aromatic nitrogens is 1. The maximum atomic E-state index is 13.7. The molecular weight excluding hydrogens is 442 g/mol. The predicted octanol–water partition coefficient (Wildman–Crippen LogP) is 4.14. The summed E-state index contributed by atoms with van der Waals surface area (Å²) in [5, 5.41) is 1.93. The molecule has 4 heterocycles. The molecule has 5 rings (SSSR count). The van der Waals surface area contributed by atoms with Crippen LogP contribution >= 0.6 is 11.3 Å². The molecule has 2 aromatic heterocycles. The van der Waals surface area contributed by atoms with Gasteiger partial charge in [-0.15, -0.1) is 11.3 Å². The van der Waals surface area contributed by atoms with Crippen molar-refractivity contribution < 1.29 is 23.5 Å². The first-order valence-electron chi connectivity index (χ1n) is 10.8. The van der Waals surface area contributed by atoms with Crippen LogP contribution in [0.4, 0.5) is 5.69 Å². The van der Waals surface area contributed by atoms with Crippen molar-refractivity contribution in [3.63, 3.8) is 0 Å². The number of ether oxygens (including phenoxy) is 1. The second kappa shape index (κ2) is 7.84. The smallest absolute Gasteiger partial charge is 0.354 e. The lowest BCUT2D eigenvalue weighted by atomic mass is 9.95. The van der Waals surface area contributed by atoms with Gasteiger partial charge in [0.25, 0.3) is 5.91 Å². The largest absolute Gasteiger partial charge is 0.456 e. The molecule has 2 aliphatic heterocycles. The van der Waals surface area contributed by atoms with Crippen LogP contribution in [0, 0.1) is 6.92 Å². The summed E-state index contributed by atoms with van der Waals surface area (Å²) < 4.78 is 11.5. The summed E-state index contributed by atoms with van der Waals surface area (Å²) in [6, 6.07) is 10.4. The molecule has 33 heavy (non-hydrogen) atoms. The molecule has 9 heteroatoms. The Morgan fingerprint density at radius 3 is 2.76 bits per heavy atom. The number of rotatable bonds is 5. The predicted molar refractivity (Wildman–Crippen MR) is 122 cm³/mol. The normalized spacial score (nSPS) is 19.8. The number of carbonyl (C=O) groups is 3. The third-order valence-electron chi connectivity index (χ3n) is 6.11. The fourth-order valence-electron chi connectivity index (χ4n) is 4.69. The molecule has 170 valence electrons. The number of para-hydroxylation sites is 1. The number of oxazole rings is 1. The Morgan fingerprint density at radius 2 is 2.03 bits per heavy atom. The van der Waals surface area contributed by atoms with Crippen molar-refractivity contribution in [3.05, 3.63) is 58.8 Å². The molecule has 1 atom stereocenters. The first-order chi connectivity index (χ1) is 15.8. The maximum absolute atomic E-state index is 13.7. The van der Waals surface area contributed by atoms with Crippen LogP contribution in [0.1, 0.15) is 48.5 Å². The third kappa shape index (κ3) is 3.18. The number of thiophene rings is 1. The van der Waals surface area contributed by atoms with Gasteiger partial charge in [-0.25, -0.2) is 9.78 Å². The highest BCUT2D eigenvalue weighted by atomic mass is 32.1. The van der Waals surface area contributed by atoms with Crippen molar-refractivity contribution >= 4 is 34.8 Å². The van der Waals surface area contributed by atoms with Gasteiger partial charge in [-0.1, -0.05) is 18.2 Å². The first kappa shape index (κ1) is 21.4. The fourth-order valence-corrected chi connectivity index (χ4v) is 5.34. The lowest BCUT2D eigenvalue weighted by Gasteiger charge is -2.50. The Kier molecular flexibility index (Phi) is 5.08. The second-order valence-electron chi connectivity index (χ2n) is 8.41. The van der Waals surface area contributed by atoms with E-state index in [1.54, 1.807) is 31.2 Å². The van der Waals surface area contributed by atoms with Crippen LogP contribution in [0.3, 0.4) is 0 Å². The fraction of sp³-hybridized carbons (Fsp3) is 0.333. The minimum Gasteiger partial charge on any atom is -0.456 e. The Bertz CT molecular complexity index is 1250. The van der Waals surface area contributed by atoms with Crippen LogP contribution in [0.15, 0.2) is 46.2 Å². The zero-order chi connectivity index (χ0) is 23.3. The number of nitrogens with zero attached hydrogens (tertiary/aromatic N) is 3. The van der Waals surface area contributed by atoms with E-state index in [2.05, 4.69) is 4.98 Å². The van der Waals surface area contributed by atoms with E-state index in [1.165, 1.54) is 21.1 Å². The number of hydrogen-bond acceptors (Lipinski definition) is 7. The van der Waals surface area contributed by atoms with Crippen molar-refractivity contribution in [3.8, 4) is 10.8 Å². The average Bonchev–Trinajstić information content (AvgIpc) is 3.52. The van der Waals surface area contributed by atoms with E-state index in [0.717, 1.165) is 4.88 Å². The highest BCUT2D eigenvalue weighted by molar-refractivity contribution is 7.13. The zero-order valence-electron chi connectivity index (χ0n) is 18.5. The van der Waals surface area contributed by atoms with Crippen LogP contribution in [-0.4, -0.2) is 39.4 Å². The molecule has 8 nitrogen and oxygen atoms in total. The Hall–Kier alpha value is -3.46. The molecule has 0 radical (unpaired) electrons. The number of anilines is 1. The van der Waals surface area contributed by atoms with Gasteiger partial charge in [0.15, 0.2) is 0 Å². The van der Waals surface area contributed by atoms with E-state index in [4.69, 9.17) is 9.15 Å². The molecule has 0 unspecified atom stereocenters. The summed E-state index contributed by atoms with van der Waals surface area (Å²) in [7, 11) is 0. The van der Waals surface area contributed by atoms with Gasteiger partial charge in [0.1, 0.15) is 18.1 Å². The first-order valence-corrected chi connectivity index (χ1v) is 11.7. The Morgan fingerprint density at radius 1 is 1.24 bits per heavy atom. The third-order valence-corrected chi connectivity index (χ3v) is 6.97. The van der Waals surface area contributed by atoms with Crippen LogP contribution in [-0.2, 0) is 20.9 Å². The number of carbonyl (C=O) groups excluding carboxylic acids is 3. The zero-order valence-corrected chi connectivity index (χ0v) is 19.3. The molecule has 1 saturated heterocycles. The van der Waals surface area contributed by atoms with Crippen LogP contribution in [0.25, 0.3) is 10.8 Å². The van der Waals surface area contributed by atoms with Crippen molar-refractivity contribution in [1.29, 1.82) is 0 Å². The minimum absolute atomic E-state index is 0.120. The van der Waals surface area contributed by atoms with Crippen molar-refractivity contribution in [2.24, 2.45) is 0 Å². The number of benzene rings is 1. The monoisotopic (exact) mass is 465 g/mol. The van der Waals surface area contributed by atoms with Gasteiger partial charge < -0.3 is 14.1 Å². The van der Waals surface area contributed by atoms with E-state index in [1.807, 2.05) is 31.4 Å². The second-order valence-corrected chi connectivity index (χ2v) is 9.35. The summed E-state index contributed by atoms with van der Waals surface area (Å²) in [5.74, 6) is -0.134. The van der Waals surface area contributed by atoms with Crippen LogP contribution in [0.2, 0.25) is 0 Å². The van der Waals surface area contributed by atoms with E-state index in [0.29, 0.717) is 28.6 Å². The molecule has 1 fully saturated rings. The molecule has 0 aliphatic carbocycles. The number of esters is 1. The van der Waals surface area contributed by atoms with E-state index >= 15 is 0 Å². The lowest BCUT2D eigenvalue weighted by Crippen LogP contribution is -2.70. The number of fused-ring (bicyclic) bond motifs is 3. The van der Waals surface area contributed by atoms with Gasteiger partial charge in [-0.2, -0.15) is 0 Å². The Labute approximate surface area is 194 Å². The average molecular weight is 466 g/mol. The van der Waals surface area contributed by atoms with Gasteiger partial charge >= 0.3 is 5.97 Å². The van der Waals surface area contributed by atoms with E-state index in [9.17, 15) is 14.4 Å². The SMILES string of the molecule is Cc1oc(-c2cccs2)nc1COC(=O)[C@@]12CCC(=O)N1c1ccccc1C(=O)N2C(C)C. The van der Waals surface area contributed by atoms with Gasteiger partial charge in [0, 0.05) is 18.9 Å². The minimum atomic E-state index is -1.52. The summed E-state index contributed by atoms with van der Waals surface area (Å²) in [6.07, 6.45) is 0.312. The van der Waals surface area contributed by atoms with Crippen molar-refractivity contribution in [1.82, 2.24) is 9.88 Å². The highest BCUT2D eigenvalue weighted by Gasteiger charge is 2.62. The molecule has 3 aromatic rings. The molecule has 0 saturated carbocycles. The quantitative estimate of drug-likeness (QED) is 0.526. The molecule has 1 aromatic carbocycles. The van der Waals surface area contributed by atoms with Gasteiger partial charge in [-0.05, 0) is 44.4 Å². The molecule has 2 aliphatic rings. The number of hydrogen-bond donors (Lipinski definition) is 0. The molecular formula is C24H23N3O5S. The van der Waals surface area contributed by atoms with Gasteiger partial charge in [-0.3, -0.25) is 14.5 Å². The summed E-state index contributed by atoms with van der Waals surface area (Å²) in [6.45, 7) is 5.30.